The first kappa shape index (κ1) is 17.2. The summed E-state index contributed by atoms with van der Waals surface area (Å²) in [5.41, 5.74) is 5.64. The molecule has 0 aliphatic carbocycles. The van der Waals surface area contributed by atoms with Crippen LogP contribution in [0, 0.1) is 0 Å². The Hall–Kier alpha value is -1.83. The first-order valence-electron chi connectivity index (χ1n) is 6.23. The van der Waals surface area contributed by atoms with Gasteiger partial charge in [0.2, 0.25) is 0 Å². The Morgan fingerprint density at radius 2 is 2.14 bits per heavy atom. The number of hydrogen-bond donors (Lipinski definition) is 3. The summed E-state index contributed by atoms with van der Waals surface area (Å²) < 4.78 is 10.3. The minimum Gasteiger partial charge on any atom is -0.483 e. The molecule has 1 aromatic carbocycles. The second kappa shape index (κ2) is 9.17. The molecule has 0 heterocycles. The lowest BCUT2D eigenvalue weighted by Gasteiger charge is -2.12. The van der Waals surface area contributed by atoms with Crippen molar-refractivity contribution >= 4 is 23.5 Å². The van der Waals surface area contributed by atoms with E-state index in [1.807, 2.05) is 5.32 Å². The number of urea groups is 1. The number of nitrogens with one attached hydrogen (secondary N) is 2. The van der Waals surface area contributed by atoms with Gasteiger partial charge >= 0.3 is 6.03 Å². The van der Waals surface area contributed by atoms with Crippen molar-refractivity contribution in [3.8, 4) is 5.75 Å². The number of amides is 3. The summed E-state index contributed by atoms with van der Waals surface area (Å²) >= 11 is 5.94. The average Bonchev–Trinajstić information content (AvgIpc) is 2.42. The van der Waals surface area contributed by atoms with E-state index in [-0.39, 0.29) is 6.61 Å². The molecule has 0 atom stereocenters. The van der Waals surface area contributed by atoms with Gasteiger partial charge in [-0.3, -0.25) is 10.1 Å². The van der Waals surface area contributed by atoms with Crippen LogP contribution in [-0.2, 0) is 16.1 Å². The highest BCUT2D eigenvalue weighted by Gasteiger charge is 2.09. The molecule has 21 heavy (non-hydrogen) atoms. The topological polar surface area (TPSA) is 103 Å². The molecule has 116 valence electrons. The molecule has 8 heteroatoms. The number of carbonyl (C=O) groups is 2. The van der Waals surface area contributed by atoms with E-state index in [2.05, 4.69) is 5.32 Å². The lowest BCUT2D eigenvalue weighted by Crippen LogP contribution is -2.38. The summed E-state index contributed by atoms with van der Waals surface area (Å²) in [6, 6.07) is 4.14. The lowest BCUT2D eigenvalue weighted by atomic mass is 10.2. The lowest BCUT2D eigenvalue weighted by molar-refractivity contribution is -0.121. The molecule has 0 aliphatic rings. The second-order valence-corrected chi connectivity index (χ2v) is 4.56. The average molecular weight is 316 g/mol. The van der Waals surface area contributed by atoms with Crippen LogP contribution >= 0.6 is 11.6 Å². The number of methoxy groups -OCH3 is 1. The Balaban J connectivity index is 2.59. The van der Waals surface area contributed by atoms with Crippen molar-refractivity contribution in [1.82, 2.24) is 10.6 Å². The molecule has 0 aliphatic heterocycles. The maximum absolute atomic E-state index is 11.3. The van der Waals surface area contributed by atoms with E-state index in [4.69, 9.17) is 26.8 Å². The normalized spacial score (nSPS) is 10.2. The SMILES string of the molecule is COCCNCc1cc(Cl)ccc1OCC(=O)NC(N)=O. The van der Waals surface area contributed by atoms with Crippen LogP contribution in [0.5, 0.6) is 5.75 Å². The predicted molar refractivity (Wildman–Crippen MR) is 78.3 cm³/mol. The highest BCUT2D eigenvalue weighted by molar-refractivity contribution is 6.30. The van der Waals surface area contributed by atoms with Crippen LogP contribution < -0.4 is 21.1 Å². The van der Waals surface area contributed by atoms with Gasteiger partial charge in [0.05, 0.1) is 6.61 Å². The molecule has 0 radical (unpaired) electrons. The van der Waals surface area contributed by atoms with Crippen LogP contribution in [0.1, 0.15) is 5.56 Å². The molecule has 7 nitrogen and oxygen atoms in total. The number of nitrogens with two attached hydrogens (primary N) is 1. The molecule has 0 saturated heterocycles. The second-order valence-electron chi connectivity index (χ2n) is 4.12. The first-order chi connectivity index (χ1) is 10.0. The fraction of sp³-hybridized carbons (Fsp3) is 0.385. The quantitative estimate of drug-likeness (QED) is 0.611. The van der Waals surface area contributed by atoms with Crippen LogP contribution in [-0.4, -0.2) is 38.8 Å². The van der Waals surface area contributed by atoms with Crippen LogP contribution in [0.3, 0.4) is 0 Å². The van der Waals surface area contributed by atoms with Gasteiger partial charge in [0.1, 0.15) is 5.75 Å². The van der Waals surface area contributed by atoms with E-state index in [9.17, 15) is 9.59 Å². The van der Waals surface area contributed by atoms with Crippen molar-refractivity contribution in [1.29, 1.82) is 0 Å². The largest absolute Gasteiger partial charge is 0.483 e. The van der Waals surface area contributed by atoms with Crippen LogP contribution in [0.25, 0.3) is 0 Å². The van der Waals surface area contributed by atoms with Gasteiger partial charge < -0.3 is 20.5 Å². The summed E-state index contributed by atoms with van der Waals surface area (Å²) in [5, 5.41) is 5.63. The maximum atomic E-state index is 11.3. The fourth-order valence-corrected chi connectivity index (χ4v) is 1.74. The summed E-state index contributed by atoms with van der Waals surface area (Å²) in [6.45, 7) is 1.45. The van der Waals surface area contributed by atoms with Crippen molar-refractivity contribution in [2.75, 3.05) is 26.9 Å². The third kappa shape index (κ3) is 6.94. The molecule has 1 aromatic rings. The number of halogens is 1. The Labute approximate surface area is 127 Å². The predicted octanol–water partition coefficient (Wildman–Crippen LogP) is 0.650. The van der Waals surface area contributed by atoms with E-state index >= 15 is 0 Å². The number of imide groups is 1. The number of carbonyl (C=O) groups excluding carboxylic acids is 2. The highest BCUT2D eigenvalue weighted by atomic mass is 35.5. The molecule has 0 saturated carbocycles. The Kier molecular flexibility index (Phi) is 7.52. The van der Waals surface area contributed by atoms with Crippen molar-refractivity contribution in [3.05, 3.63) is 28.8 Å². The van der Waals surface area contributed by atoms with E-state index in [1.165, 1.54) is 0 Å². The third-order valence-corrected chi connectivity index (χ3v) is 2.68. The van der Waals surface area contributed by atoms with Gasteiger partial charge in [0, 0.05) is 30.8 Å². The number of benzene rings is 1. The monoisotopic (exact) mass is 315 g/mol. The molecule has 4 N–H and O–H groups in total. The number of hydrogen-bond acceptors (Lipinski definition) is 5. The highest BCUT2D eigenvalue weighted by Crippen LogP contribution is 2.22. The minimum absolute atomic E-state index is 0.310. The van der Waals surface area contributed by atoms with Crippen molar-refractivity contribution < 1.29 is 19.1 Å². The minimum atomic E-state index is -0.916. The molecule has 0 fully saturated rings. The van der Waals surface area contributed by atoms with Crippen LogP contribution in [0.4, 0.5) is 4.79 Å². The maximum Gasteiger partial charge on any atom is 0.318 e. The van der Waals surface area contributed by atoms with Crippen molar-refractivity contribution in [3.63, 3.8) is 0 Å². The summed E-state index contributed by atoms with van der Waals surface area (Å²) in [5.74, 6) is -0.111. The number of rotatable bonds is 8. The van der Waals surface area contributed by atoms with E-state index < -0.39 is 11.9 Å². The molecular formula is C13H18ClN3O4. The van der Waals surface area contributed by atoms with Crippen LogP contribution in [0.2, 0.25) is 5.02 Å². The zero-order valence-corrected chi connectivity index (χ0v) is 12.4. The Morgan fingerprint density at radius 1 is 1.38 bits per heavy atom. The zero-order chi connectivity index (χ0) is 15.7. The molecule has 0 aromatic heterocycles. The summed E-state index contributed by atoms with van der Waals surface area (Å²) in [6.07, 6.45) is 0. The molecule has 0 bridgehead atoms. The number of primary amides is 1. The van der Waals surface area contributed by atoms with Gasteiger partial charge in [-0.2, -0.15) is 0 Å². The van der Waals surface area contributed by atoms with E-state index in [0.717, 1.165) is 5.56 Å². The van der Waals surface area contributed by atoms with Gasteiger partial charge in [0.25, 0.3) is 5.91 Å². The van der Waals surface area contributed by atoms with Gasteiger partial charge in [-0.25, -0.2) is 4.79 Å². The van der Waals surface area contributed by atoms with E-state index in [0.29, 0.717) is 30.5 Å². The molecule has 0 spiro atoms. The standard InChI is InChI=1S/C13H18ClN3O4/c1-20-5-4-16-7-9-6-10(14)2-3-11(9)21-8-12(18)17-13(15)19/h2-3,6,16H,4-5,7-8H2,1H3,(H3,15,17,18,19). The van der Waals surface area contributed by atoms with E-state index in [1.54, 1.807) is 25.3 Å². The van der Waals surface area contributed by atoms with Gasteiger partial charge in [-0.15, -0.1) is 0 Å². The van der Waals surface area contributed by atoms with Crippen molar-refractivity contribution in [2.24, 2.45) is 5.73 Å². The molecule has 1 rings (SSSR count). The molecule has 3 amide bonds. The van der Waals surface area contributed by atoms with Gasteiger partial charge in [-0.1, -0.05) is 11.6 Å². The first-order valence-corrected chi connectivity index (χ1v) is 6.61. The molecule has 0 unspecified atom stereocenters. The molecular weight excluding hydrogens is 298 g/mol. The zero-order valence-electron chi connectivity index (χ0n) is 11.6. The van der Waals surface area contributed by atoms with Crippen molar-refractivity contribution in [2.45, 2.75) is 6.54 Å². The van der Waals surface area contributed by atoms with Gasteiger partial charge in [0.15, 0.2) is 6.61 Å². The Morgan fingerprint density at radius 3 is 2.81 bits per heavy atom. The summed E-state index contributed by atoms with van der Waals surface area (Å²) in [7, 11) is 1.62. The van der Waals surface area contributed by atoms with Crippen LogP contribution in [0.15, 0.2) is 18.2 Å². The Bertz CT molecular complexity index is 496. The van der Waals surface area contributed by atoms with Gasteiger partial charge in [-0.05, 0) is 18.2 Å². The summed E-state index contributed by atoms with van der Waals surface area (Å²) in [4.78, 5) is 21.8. The third-order valence-electron chi connectivity index (χ3n) is 2.44. The smallest absolute Gasteiger partial charge is 0.318 e. The fourth-order valence-electron chi connectivity index (χ4n) is 1.54. The number of ether oxygens (including phenoxy) is 2.